The van der Waals surface area contributed by atoms with Gasteiger partial charge in [-0.2, -0.15) is 0 Å². The van der Waals surface area contributed by atoms with Crippen LogP contribution in [0.5, 0.6) is 0 Å². The molecule has 2 aromatic rings. The minimum absolute atomic E-state index is 0.138. The maximum atomic E-state index is 12.6. The molecule has 1 atom stereocenters. The van der Waals surface area contributed by atoms with E-state index in [1.165, 1.54) is 35.4 Å². The van der Waals surface area contributed by atoms with Crippen LogP contribution in [0.2, 0.25) is 0 Å². The molecule has 3 amide bonds. The van der Waals surface area contributed by atoms with Gasteiger partial charge in [-0.15, -0.1) is 11.8 Å². The molecule has 2 aromatic heterocycles. The first-order valence-corrected chi connectivity index (χ1v) is 9.62. The Labute approximate surface area is 158 Å². The summed E-state index contributed by atoms with van der Waals surface area (Å²) in [6, 6.07) is 2.37. The number of nitrogens with zero attached hydrogens (tertiary/aromatic N) is 1. The third-order valence-corrected chi connectivity index (χ3v) is 5.77. The van der Waals surface area contributed by atoms with Crippen LogP contribution in [0.4, 0.5) is 5.13 Å². The van der Waals surface area contributed by atoms with E-state index < -0.39 is 17.9 Å². The maximum Gasteiger partial charge on any atom is 0.287 e. The predicted octanol–water partition coefficient (Wildman–Crippen LogP) is 2.02. The molecule has 0 radical (unpaired) electrons. The third kappa shape index (κ3) is 5.33. The van der Waals surface area contributed by atoms with Crippen LogP contribution in [0.25, 0.3) is 0 Å². The van der Waals surface area contributed by atoms with Gasteiger partial charge in [0.05, 0.1) is 21.9 Å². The molecule has 140 valence electrons. The minimum atomic E-state index is -0.751. The number of rotatable bonds is 8. The van der Waals surface area contributed by atoms with Crippen molar-refractivity contribution in [2.75, 3.05) is 11.1 Å². The molecule has 26 heavy (non-hydrogen) atoms. The molecule has 0 saturated heterocycles. The van der Waals surface area contributed by atoms with Crippen molar-refractivity contribution in [1.29, 1.82) is 0 Å². The van der Waals surface area contributed by atoms with Crippen LogP contribution in [0, 0.1) is 12.8 Å². The monoisotopic (exact) mass is 396 g/mol. The topological polar surface area (TPSA) is 127 Å². The highest BCUT2D eigenvalue weighted by molar-refractivity contribution is 8.01. The van der Waals surface area contributed by atoms with E-state index in [4.69, 9.17) is 10.2 Å². The summed E-state index contributed by atoms with van der Waals surface area (Å²) < 4.78 is 5.85. The van der Waals surface area contributed by atoms with Gasteiger partial charge in [-0.05, 0) is 25.0 Å². The molecule has 1 unspecified atom stereocenters. The Morgan fingerprint density at radius 1 is 1.38 bits per heavy atom. The fraction of sp³-hybridized carbons (Fsp3) is 0.375. The van der Waals surface area contributed by atoms with E-state index in [0.717, 1.165) is 4.21 Å². The van der Waals surface area contributed by atoms with Crippen molar-refractivity contribution in [3.63, 3.8) is 0 Å². The van der Waals surface area contributed by atoms with Crippen molar-refractivity contribution >= 4 is 46.0 Å². The third-order valence-electron chi connectivity index (χ3n) is 3.31. The van der Waals surface area contributed by atoms with Gasteiger partial charge in [-0.1, -0.05) is 25.2 Å². The Bertz CT molecular complexity index is 786. The van der Waals surface area contributed by atoms with Crippen LogP contribution in [0.3, 0.4) is 0 Å². The molecule has 0 saturated carbocycles. The number of hydrogen-bond acceptors (Lipinski definition) is 7. The molecule has 0 bridgehead atoms. The lowest BCUT2D eigenvalue weighted by atomic mass is 10.0. The van der Waals surface area contributed by atoms with Gasteiger partial charge in [0.25, 0.3) is 5.91 Å². The Kier molecular flexibility index (Phi) is 6.81. The number of thioether (sulfide) groups is 1. The molecule has 4 N–H and O–H groups in total. The highest BCUT2D eigenvalue weighted by atomic mass is 32.2. The average molecular weight is 396 g/mol. The van der Waals surface area contributed by atoms with Gasteiger partial charge < -0.3 is 20.8 Å². The zero-order chi connectivity index (χ0) is 19.3. The molecule has 2 rings (SSSR count). The van der Waals surface area contributed by atoms with Gasteiger partial charge in [0.1, 0.15) is 6.04 Å². The lowest BCUT2D eigenvalue weighted by Crippen LogP contribution is -2.47. The summed E-state index contributed by atoms with van der Waals surface area (Å²) in [4.78, 5) is 39.9. The molecule has 0 aromatic carbocycles. The van der Waals surface area contributed by atoms with Gasteiger partial charge in [0.2, 0.25) is 11.8 Å². The van der Waals surface area contributed by atoms with Gasteiger partial charge in [0.15, 0.2) is 10.9 Å². The van der Waals surface area contributed by atoms with Crippen molar-refractivity contribution in [1.82, 2.24) is 10.3 Å². The van der Waals surface area contributed by atoms with Crippen LogP contribution in [0.15, 0.2) is 27.0 Å². The normalized spacial score (nSPS) is 12.0. The lowest BCUT2D eigenvalue weighted by Gasteiger charge is -2.20. The number of hydrogen-bond donors (Lipinski definition) is 3. The molecule has 10 heteroatoms. The number of nitrogens with two attached hydrogens (primary N) is 1. The number of primary amides is 1. The van der Waals surface area contributed by atoms with Crippen molar-refractivity contribution in [2.24, 2.45) is 11.7 Å². The molecule has 0 spiro atoms. The highest BCUT2D eigenvalue weighted by Gasteiger charge is 2.26. The van der Waals surface area contributed by atoms with E-state index in [-0.39, 0.29) is 23.3 Å². The van der Waals surface area contributed by atoms with Crippen molar-refractivity contribution in [3.05, 3.63) is 29.9 Å². The average Bonchev–Trinajstić information content (AvgIpc) is 3.20. The maximum absolute atomic E-state index is 12.6. The molecule has 0 aliphatic carbocycles. The predicted molar refractivity (Wildman–Crippen MR) is 100 cm³/mol. The van der Waals surface area contributed by atoms with Crippen LogP contribution >= 0.6 is 23.1 Å². The Morgan fingerprint density at radius 3 is 2.69 bits per heavy atom. The number of nitrogens with one attached hydrogen (secondary N) is 2. The fourth-order valence-corrected chi connectivity index (χ4v) is 3.93. The van der Waals surface area contributed by atoms with Gasteiger partial charge in [-0.25, -0.2) is 4.98 Å². The number of carbonyl (C=O) groups is 3. The smallest absolute Gasteiger partial charge is 0.287 e. The number of aromatic nitrogens is 1. The number of furan rings is 1. The summed E-state index contributed by atoms with van der Waals surface area (Å²) >= 11 is 2.53. The van der Waals surface area contributed by atoms with Gasteiger partial charge in [-0.3, -0.25) is 14.4 Å². The summed E-state index contributed by atoms with van der Waals surface area (Å²) in [5.41, 5.74) is 5.85. The first kappa shape index (κ1) is 20.0. The largest absolute Gasteiger partial charge is 0.459 e. The van der Waals surface area contributed by atoms with Crippen molar-refractivity contribution < 1.29 is 18.8 Å². The molecule has 2 heterocycles. The first-order valence-electron chi connectivity index (χ1n) is 7.81. The quantitative estimate of drug-likeness (QED) is 0.586. The number of aryl methyl sites for hydroxylation is 1. The summed E-state index contributed by atoms with van der Waals surface area (Å²) in [6.45, 7) is 5.44. The van der Waals surface area contributed by atoms with E-state index in [2.05, 4.69) is 15.6 Å². The van der Waals surface area contributed by atoms with Crippen LogP contribution < -0.4 is 16.4 Å². The Hall–Kier alpha value is -2.33. The number of amides is 3. The summed E-state index contributed by atoms with van der Waals surface area (Å²) in [6.07, 6.45) is 1.39. The van der Waals surface area contributed by atoms with Crippen LogP contribution in [-0.4, -0.2) is 34.5 Å². The summed E-state index contributed by atoms with van der Waals surface area (Å²) in [5, 5.41) is 5.78. The van der Waals surface area contributed by atoms with Crippen molar-refractivity contribution in [2.45, 2.75) is 31.0 Å². The zero-order valence-electron chi connectivity index (χ0n) is 14.6. The molecule has 0 fully saturated rings. The minimum Gasteiger partial charge on any atom is -0.459 e. The Morgan fingerprint density at radius 2 is 2.12 bits per heavy atom. The molecular weight excluding hydrogens is 376 g/mol. The van der Waals surface area contributed by atoms with E-state index in [0.29, 0.717) is 10.8 Å². The van der Waals surface area contributed by atoms with E-state index in [1.54, 1.807) is 13.0 Å². The van der Waals surface area contributed by atoms with Crippen LogP contribution in [-0.2, 0) is 9.59 Å². The second-order valence-electron chi connectivity index (χ2n) is 5.81. The second-order valence-corrected chi connectivity index (χ2v) is 8.05. The highest BCUT2D eigenvalue weighted by Crippen LogP contribution is 2.32. The molecule has 0 aliphatic rings. The molecular formula is C16H20N4O4S2. The van der Waals surface area contributed by atoms with Gasteiger partial charge >= 0.3 is 0 Å². The molecule has 0 aliphatic heterocycles. The Balaban J connectivity index is 2.04. The lowest BCUT2D eigenvalue weighted by molar-refractivity contribution is -0.119. The summed E-state index contributed by atoms with van der Waals surface area (Å²) in [5.74, 6) is -1.12. The number of carbonyl (C=O) groups excluding carboxylic acids is 3. The number of thiazole rings is 1. The molecule has 8 nitrogen and oxygen atoms in total. The van der Waals surface area contributed by atoms with Crippen LogP contribution in [0.1, 0.15) is 30.1 Å². The van der Waals surface area contributed by atoms with E-state index >= 15 is 0 Å². The second kappa shape index (κ2) is 8.86. The van der Waals surface area contributed by atoms with Gasteiger partial charge in [0, 0.05) is 0 Å². The number of anilines is 1. The van der Waals surface area contributed by atoms with Crippen molar-refractivity contribution in [3.8, 4) is 0 Å². The van der Waals surface area contributed by atoms with E-state index in [9.17, 15) is 14.4 Å². The fourth-order valence-electron chi connectivity index (χ4n) is 2.04. The summed E-state index contributed by atoms with van der Waals surface area (Å²) in [7, 11) is 0. The standard InChI is InChI=1S/C16H20N4O4S2/c1-8(2)12(19-13(22)10-5-4-6-24-10)14(23)20-16-18-9(3)15(26-16)25-7-11(17)21/h4-6,8,12H,7H2,1-3H3,(H2,17,21)(H,19,22)(H,18,20,23). The first-order chi connectivity index (χ1) is 12.3. The SMILES string of the molecule is Cc1nc(NC(=O)C(NC(=O)c2ccco2)C(C)C)sc1SCC(N)=O. The zero-order valence-corrected chi connectivity index (χ0v) is 16.2. The van der Waals surface area contributed by atoms with E-state index in [1.807, 2.05) is 13.8 Å².